The van der Waals surface area contributed by atoms with E-state index < -0.39 is 5.79 Å². The number of carbonyl (C=O) groups is 1. The molecule has 9 atom stereocenters. The van der Waals surface area contributed by atoms with Crippen molar-refractivity contribution in [2.45, 2.75) is 124 Å². The van der Waals surface area contributed by atoms with Crippen molar-refractivity contribution in [2.75, 3.05) is 13.2 Å². The molecule has 4 aliphatic carbocycles. The minimum absolute atomic E-state index is 0.0169. The fourth-order valence-electron chi connectivity index (χ4n) is 10.4. The first-order chi connectivity index (χ1) is 16.6. The Bertz CT molecular complexity index is 772. The van der Waals surface area contributed by atoms with E-state index in [-0.39, 0.29) is 17.5 Å². The zero-order valence-electron chi connectivity index (χ0n) is 23.4. The summed E-state index contributed by atoms with van der Waals surface area (Å²) < 4.78 is 18.9. The molecule has 0 bridgehead atoms. The van der Waals surface area contributed by atoms with Gasteiger partial charge in [-0.2, -0.15) is 0 Å². The fourth-order valence-corrected chi connectivity index (χ4v) is 10.4. The Morgan fingerprint density at radius 1 is 0.943 bits per heavy atom. The lowest BCUT2D eigenvalue weighted by atomic mass is 9.43. The molecule has 1 spiro atoms. The molecule has 1 aliphatic heterocycles. The molecule has 0 unspecified atom stereocenters. The van der Waals surface area contributed by atoms with Gasteiger partial charge in [0.15, 0.2) is 5.79 Å². The van der Waals surface area contributed by atoms with Crippen molar-refractivity contribution in [3.63, 3.8) is 0 Å². The first-order valence-corrected chi connectivity index (χ1v) is 15.0. The van der Waals surface area contributed by atoms with Gasteiger partial charge in [-0.1, -0.05) is 53.9 Å². The zero-order valence-corrected chi connectivity index (χ0v) is 23.4. The number of hydrogen-bond donors (Lipinski definition) is 0. The molecule has 4 nitrogen and oxygen atoms in total. The number of ether oxygens (including phenoxy) is 3. The summed E-state index contributed by atoms with van der Waals surface area (Å²) in [6.07, 6.45) is 13.8. The summed E-state index contributed by atoms with van der Waals surface area (Å²) in [5.41, 5.74) is 0.683. The molecule has 5 fully saturated rings. The normalized spacial score (nSPS) is 45.1. The van der Waals surface area contributed by atoms with E-state index in [0.717, 1.165) is 55.3 Å². The minimum atomic E-state index is -0.464. The lowest BCUT2D eigenvalue weighted by molar-refractivity contribution is -0.298. The van der Waals surface area contributed by atoms with E-state index in [9.17, 15) is 4.79 Å². The Hall–Kier alpha value is -0.610. The summed E-state index contributed by atoms with van der Waals surface area (Å²) in [5, 5.41) is 0. The van der Waals surface area contributed by atoms with E-state index in [0.29, 0.717) is 30.5 Å². The molecule has 1 heterocycles. The van der Waals surface area contributed by atoms with Gasteiger partial charge in [-0.3, -0.25) is 4.79 Å². The van der Waals surface area contributed by atoms with Crippen LogP contribution in [0.1, 0.15) is 112 Å². The molecule has 35 heavy (non-hydrogen) atoms. The standard InChI is InChI=1S/C31H52O4/c1-20(2)8-7-9-21(3)25-10-11-26-24-19-31(33-16-17-34-31)28-18-23(35-22(4)32)12-14-30(28,6)27(24)13-15-29(25,26)5/h20-21,23-28H,7-19H2,1-6H3/t21-,23+,24+,25-,26+,27+,28+,29-,30-/m1/s1. The molecule has 1 saturated heterocycles. The largest absolute Gasteiger partial charge is 0.463 e. The molecule has 0 aromatic carbocycles. The van der Waals surface area contributed by atoms with Crippen LogP contribution >= 0.6 is 0 Å². The zero-order chi connectivity index (χ0) is 25.0. The van der Waals surface area contributed by atoms with Gasteiger partial charge in [0.1, 0.15) is 6.10 Å². The molecule has 0 amide bonds. The van der Waals surface area contributed by atoms with Gasteiger partial charge in [0.2, 0.25) is 0 Å². The van der Waals surface area contributed by atoms with Crippen LogP contribution in [-0.4, -0.2) is 31.1 Å². The summed E-state index contributed by atoms with van der Waals surface area (Å²) in [6.45, 7) is 15.5. The third-order valence-corrected chi connectivity index (χ3v) is 11.9. The average molecular weight is 489 g/mol. The second-order valence-electron chi connectivity index (χ2n) is 14.2. The number of rotatable bonds is 6. The van der Waals surface area contributed by atoms with Gasteiger partial charge in [-0.25, -0.2) is 0 Å². The van der Waals surface area contributed by atoms with Crippen LogP contribution in [-0.2, 0) is 19.0 Å². The van der Waals surface area contributed by atoms with Crippen molar-refractivity contribution >= 4 is 5.97 Å². The van der Waals surface area contributed by atoms with Crippen molar-refractivity contribution in [3.8, 4) is 0 Å². The van der Waals surface area contributed by atoms with Crippen LogP contribution in [0.3, 0.4) is 0 Å². The summed E-state index contributed by atoms with van der Waals surface area (Å²) >= 11 is 0. The van der Waals surface area contributed by atoms with E-state index in [2.05, 4.69) is 34.6 Å². The summed E-state index contributed by atoms with van der Waals surface area (Å²) in [6, 6.07) is 0. The third-order valence-electron chi connectivity index (χ3n) is 11.9. The van der Waals surface area contributed by atoms with Gasteiger partial charge in [0.25, 0.3) is 0 Å². The van der Waals surface area contributed by atoms with Crippen molar-refractivity contribution in [2.24, 2.45) is 52.3 Å². The van der Waals surface area contributed by atoms with Gasteiger partial charge in [-0.15, -0.1) is 0 Å². The molecule has 0 aromatic heterocycles. The molecule has 0 N–H and O–H groups in total. The van der Waals surface area contributed by atoms with E-state index in [1.54, 1.807) is 6.92 Å². The Kier molecular flexibility index (Phi) is 7.14. The van der Waals surface area contributed by atoms with E-state index in [1.165, 1.54) is 44.9 Å². The molecular formula is C31H52O4. The molecule has 200 valence electrons. The highest BCUT2D eigenvalue weighted by molar-refractivity contribution is 5.66. The molecule has 4 saturated carbocycles. The van der Waals surface area contributed by atoms with Gasteiger partial charge in [0, 0.05) is 19.3 Å². The highest BCUT2D eigenvalue weighted by Gasteiger charge is 2.68. The van der Waals surface area contributed by atoms with E-state index >= 15 is 0 Å². The van der Waals surface area contributed by atoms with Crippen LogP contribution in [0.5, 0.6) is 0 Å². The third kappa shape index (κ3) is 4.41. The quantitative estimate of drug-likeness (QED) is 0.366. The van der Waals surface area contributed by atoms with Crippen LogP contribution in [0.2, 0.25) is 0 Å². The number of hydrogen-bond acceptors (Lipinski definition) is 4. The summed E-state index contributed by atoms with van der Waals surface area (Å²) in [5.74, 6) is 4.48. The maximum absolute atomic E-state index is 11.8. The van der Waals surface area contributed by atoms with Crippen molar-refractivity contribution in [1.82, 2.24) is 0 Å². The van der Waals surface area contributed by atoms with Crippen LogP contribution in [0.25, 0.3) is 0 Å². The second-order valence-corrected chi connectivity index (χ2v) is 14.2. The predicted molar refractivity (Wildman–Crippen MR) is 139 cm³/mol. The monoisotopic (exact) mass is 488 g/mol. The summed E-state index contributed by atoms with van der Waals surface area (Å²) in [7, 11) is 0. The SMILES string of the molecule is CC(=O)O[C@H]1CC[C@@]2(C)[C@H](C1)C1(C[C@@H]3[C@@H]2CC[C@]2(C)[C@@H]([C@H](C)CCCC(C)C)CC[C@@H]32)OCCO1. The molecule has 0 radical (unpaired) electrons. The fraction of sp³-hybridized carbons (Fsp3) is 0.968. The molecule has 5 rings (SSSR count). The van der Waals surface area contributed by atoms with Crippen LogP contribution in [0, 0.1) is 52.3 Å². The highest BCUT2D eigenvalue weighted by Crippen LogP contribution is 2.71. The lowest BCUT2D eigenvalue weighted by Gasteiger charge is -2.65. The maximum Gasteiger partial charge on any atom is 0.302 e. The van der Waals surface area contributed by atoms with Crippen LogP contribution in [0.4, 0.5) is 0 Å². The summed E-state index contributed by atoms with van der Waals surface area (Å²) in [4.78, 5) is 11.8. The number of carbonyl (C=O) groups excluding carboxylic acids is 1. The van der Waals surface area contributed by atoms with Crippen molar-refractivity contribution in [1.29, 1.82) is 0 Å². The first kappa shape index (κ1) is 26.0. The van der Waals surface area contributed by atoms with Gasteiger partial charge >= 0.3 is 5.97 Å². The van der Waals surface area contributed by atoms with Gasteiger partial charge in [0.05, 0.1) is 13.2 Å². The van der Waals surface area contributed by atoms with Crippen LogP contribution < -0.4 is 0 Å². The Balaban J connectivity index is 1.38. The smallest absolute Gasteiger partial charge is 0.302 e. The van der Waals surface area contributed by atoms with Gasteiger partial charge < -0.3 is 14.2 Å². The molecule has 0 aromatic rings. The van der Waals surface area contributed by atoms with Gasteiger partial charge in [-0.05, 0) is 91.3 Å². The number of fused-ring (bicyclic) bond motifs is 6. The Morgan fingerprint density at radius 3 is 2.31 bits per heavy atom. The van der Waals surface area contributed by atoms with E-state index in [4.69, 9.17) is 14.2 Å². The predicted octanol–water partition coefficient (Wildman–Crippen LogP) is 7.39. The Morgan fingerprint density at radius 2 is 1.63 bits per heavy atom. The van der Waals surface area contributed by atoms with Crippen molar-refractivity contribution < 1.29 is 19.0 Å². The average Bonchev–Trinajstić information content (AvgIpc) is 3.39. The topological polar surface area (TPSA) is 44.8 Å². The molecule has 5 aliphatic rings. The molecular weight excluding hydrogens is 436 g/mol. The first-order valence-electron chi connectivity index (χ1n) is 15.0. The number of esters is 1. The minimum Gasteiger partial charge on any atom is -0.463 e. The highest BCUT2D eigenvalue weighted by atomic mass is 16.7. The van der Waals surface area contributed by atoms with Crippen molar-refractivity contribution in [3.05, 3.63) is 0 Å². The van der Waals surface area contributed by atoms with Crippen LogP contribution in [0.15, 0.2) is 0 Å². The van der Waals surface area contributed by atoms with E-state index in [1.807, 2.05) is 0 Å². The molecule has 4 heteroatoms. The Labute approximate surface area is 214 Å². The maximum atomic E-state index is 11.8. The second kappa shape index (κ2) is 9.61. The lowest BCUT2D eigenvalue weighted by Crippen LogP contribution is -2.63.